The topological polar surface area (TPSA) is 67.2 Å². The van der Waals surface area contributed by atoms with Crippen molar-refractivity contribution in [2.75, 3.05) is 5.32 Å². The van der Waals surface area contributed by atoms with Crippen LogP contribution in [0.15, 0.2) is 18.2 Å². The smallest absolute Gasteiger partial charge is 0.271 e. The molecule has 0 saturated heterocycles. The molecule has 2 rings (SSSR count). The van der Waals surface area contributed by atoms with E-state index in [1.807, 2.05) is 6.92 Å². The zero-order valence-corrected chi connectivity index (χ0v) is 13.2. The molecule has 0 amide bonds. The van der Waals surface area contributed by atoms with E-state index in [0.717, 1.165) is 12.0 Å². The van der Waals surface area contributed by atoms with Gasteiger partial charge in [-0.25, -0.2) is 0 Å². The third kappa shape index (κ3) is 4.14. The molecule has 1 aromatic carbocycles. The Hall–Kier alpha value is -1.69. The van der Waals surface area contributed by atoms with E-state index in [-0.39, 0.29) is 5.69 Å². The SMILES string of the molecule is Cc1ccc([N+](=O)[O-])cc1NC(=S)N[C@H]1CCCC[C@@H]1C. The first-order chi connectivity index (χ1) is 9.97. The van der Waals surface area contributed by atoms with E-state index in [2.05, 4.69) is 17.6 Å². The van der Waals surface area contributed by atoms with E-state index >= 15 is 0 Å². The molecule has 0 bridgehead atoms. The molecule has 1 fully saturated rings. The van der Waals surface area contributed by atoms with Crippen LogP contribution in [0.5, 0.6) is 0 Å². The summed E-state index contributed by atoms with van der Waals surface area (Å²) in [4.78, 5) is 10.4. The van der Waals surface area contributed by atoms with Crippen molar-refractivity contribution >= 4 is 28.7 Å². The van der Waals surface area contributed by atoms with Gasteiger partial charge in [0.2, 0.25) is 0 Å². The molecule has 1 saturated carbocycles. The van der Waals surface area contributed by atoms with Crippen molar-refractivity contribution in [2.24, 2.45) is 5.92 Å². The van der Waals surface area contributed by atoms with E-state index in [9.17, 15) is 10.1 Å². The maximum Gasteiger partial charge on any atom is 0.271 e. The van der Waals surface area contributed by atoms with Gasteiger partial charge >= 0.3 is 0 Å². The fourth-order valence-corrected chi connectivity index (χ4v) is 2.98. The number of nitro benzene ring substituents is 1. The minimum absolute atomic E-state index is 0.0666. The first kappa shape index (κ1) is 15.7. The second-order valence-electron chi connectivity index (χ2n) is 5.72. The Kier molecular flexibility index (Phi) is 5.12. The maximum absolute atomic E-state index is 10.8. The number of nitrogens with zero attached hydrogens (tertiary/aromatic N) is 1. The van der Waals surface area contributed by atoms with Gasteiger partial charge in [-0.15, -0.1) is 0 Å². The standard InChI is InChI=1S/C15H21N3O2S/c1-10-5-3-4-6-13(10)16-15(21)17-14-9-12(18(19)20)8-7-11(14)2/h7-10,13H,3-6H2,1-2H3,(H2,16,17,21)/t10-,13-/m0/s1. The van der Waals surface area contributed by atoms with Gasteiger partial charge in [-0.2, -0.15) is 0 Å². The fourth-order valence-electron chi connectivity index (χ4n) is 2.72. The first-order valence-corrected chi connectivity index (χ1v) is 7.71. The van der Waals surface area contributed by atoms with Crippen LogP contribution in [0.25, 0.3) is 0 Å². The number of rotatable bonds is 3. The normalized spacial score (nSPS) is 21.6. The summed E-state index contributed by atoms with van der Waals surface area (Å²) in [6.45, 7) is 4.13. The Morgan fingerprint density at radius 1 is 1.38 bits per heavy atom. The molecule has 6 heteroatoms. The largest absolute Gasteiger partial charge is 0.359 e. The minimum atomic E-state index is -0.399. The molecule has 2 N–H and O–H groups in total. The maximum atomic E-state index is 10.8. The van der Waals surface area contributed by atoms with Crippen molar-refractivity contribution in [3.8, 4) is 0 Å². The van der Waals surface area contributed by atoms with Gasteiger partial charge in [-0.1, -0.05) is 25.8 Å². The average molecular weight is 307 g/mol. The summed E-state index contributed by atoms with van der Waals surface area (Å²) in [7, 11) is 0. The molecule has 1 aliphatic rings. The highest BCUT2D eigenvalue weighted by Gasteiger charge is 2.21. The summed E-state index contributed by atoms with van der Waals surface area (Å²) in [5, 5.41) is 17.8. The summed E-state index contributed by atoms with van der Waals surface area (Å²) in [5.74, 6) is 0.602. The van der Waals surface area contributed by atoms with Crippen LogP contribution in [0, 0.1) is 23.0 Å². The lowest BCUT2D eigenvalue weighted by Gasteiger charge is -2.30. The van der Waals surface area contributed by atoms with E-state index in [1.165, 1.54) is 31.4 Å². The van der Waals surface area contributed by atoms with Gasteiger partial charge in [0.05, 0.1) is 4.92 Å². The molecule has 114 valence electrons. The highest BCUT2D eigenvalue weighted by molar-refractivity contribution is 7.80. The molecule has 0 aromatic heterocycles. The van der Waals surface area contributed by atoms with E-state index < -0.39 is 4.92 Å². The highest BCUT2D eigenvalue weighted by Crippen LogP contribution is 2.25. The lowest BCUT2D eigenvalue weighted by molar-refractivity contribution is -0.384. The lowest BCUT2D eigenvalue weighted by Crippen LogP contribution is -2.43. The Balaban J connectivity index is 2.02. The molecule has 0 aliphatic heterocycles. The molecule has 0 unspecified atom stereocenters. The number of anilines is 1. The minimum Gasteiger partial charge on any atom is -0.359 e. The van der Waals surface area contributed by atoms with E-state index in [0.29, 0.717) is 22.8 Å². The zero-order chi connectivity index (χ0) is 15.4. The van der Waals surface area contributed by atoms with Crippen molar-refractivity contribution in [2.45, 2.75) is 45.6 Å². The van der Waals surface area contributed by atoms with Crippen LogP contribution in [-0.4, -0.2) is 16.1 Å². The van der Waals surface area contributed by atoms with Crippen molar-refractivity contribution in [1.29, 1.82) is 0 Å². The van der Waals surface area contributed by atoms with E-state index in [4.69, 9.17) is 12.2 Å². The monoisotopic (exact) mass is 307 g/mol. The summed E-state index contributed by atoms with van der Waals surface area (Å²) >= 11 is 5.35. The molecule has 21 heavy (non-hydrogen) atoms. The van der Waals surface area contributed by atoms with Gasteiger partial charge in [-0.3, -0.25) is 10.1 Å². The number of non-ortho nitro benzene ring substituents is 1. The summed E-state index contributed by atoms with van der Waals surface area (Å²) in [6, 6.07) is 5.14. The fraction of sp³-hybridized carbons (Fsp3) is 0.533. The predicted molar refractivity (Wildman–Crippen MR) is 88.6 cm³/mol. The molecule has 0 heterocycles. The van der Waals surface area contributed by atoms with Crippen LogP contribution in [0.4, 0.5) is 11.4 Å². The highest BCUT2D eigenvalue weighted by atomic mass is 32.1. The molecule has 5 nitrogen and oxygen atoms in total. The third-order valence-electron chi connectivity index (χ3n) is 4.11. The molecular formula is C15H21N3O2S. The van der Waals surface area contributed by atoms with Crippen molar-refractivity contribution in [1.82, 2.24) is 5.32 Å². The molecular weight excluding hydrogens is 286 g/mol. The van der Waals surface area contributed by atoms with Crippen molar-refractivity contribution in [3.63, 3.8) is 0 Å². The number of nitro groups is 1. The van der Waals surface area contributed by atoms with Crippen LogP contribution in [0.3, 0.4) is 0 Å². The van der Waals surface area contributed by atoms with Crippen LogP contribution < -0.4 is 10.6 Å². The van der Waals surface area contributed by atoms with Gasteiger partial charge in [0.1, 0.15) is 0 Å². The van der Waals surface area contributed by atoms with Crippen LogP contribution in [0.1, 0.15) is 38.2 Å². The van der Waals surface area contributed by atoms with Gasteiger partial charge in [-0.05, 0) is 43.5 Å². The average Bonchev–Trinajstić information content (AvgIpc) is 2.43. The summed E-state index contributed by atoms with van der Waals surface area (Å²) in [6.07, 6.45) is 4.84. The Morgan fingerprint density at radius 2 is 2.10 bits per heavy atom. The number of nitrogens with one attached hydrogen (secondary N) is 2. The predicted octanol–water partition coefficient (Wildman–Crippen LogP) is 3.77. The van der Waals surface area contributed by atoms with E-state index in [1.54, 1.807) is 6.07 Å². The third-order valence-corrected chi connectivity index (χ3v) is 4.33. The molecule has 2 atom stereocenters. The Labute approximate surface area is 130 Å². The second-order valence-corrected chi connectivity index (χ2v) is 6.13. The van der Waals surface area contributed by atoms with Crippen LogP contribution in [-0.2, 0) is 0 Å². The number of thiocarbonyl (C=S) groups is 1. The second kappa shape index (κ2) is 6.85. The van der Waals surface area contributed by atoms with Crippen LogP contribution in [0.2, 0.25) is 0 Å². The summed E-state index contributed by atoms with van der Waals surface area (Å²) in [5.41, 5.74) is 1.68. The van der Waals surface area contributed by atoms with Crippen molar-refractivity contribution in [3.05, 3.63) is 33.9 Å². The molecule has 1 aliphatic carbocycles. The number of hydrogen-bond acceptors (Lipinski definition) is 3. The Bertz CT molecular complexity index is 548. The molecule has 0 radical (unpaired) electrons. The zero-order valence-electron chi connectivity index (χ0n) is 12.4. The van der Waals surface area contributed by atoms with Gasteiger partial charge < -0.3 is 10.6 Å². The first-order valence-electron chi connectivity index (χ1n) is 7.30. The lowest BCUT2D eigenvalue weighted by atomic mass is 9.86. The van der Waals surface area contributed by atoms with Crippen molar-refractivity contribution < 1.29 is 4.92 Å². The molecule has 1 aromatic rings. The quantitative estimate of drug-likeness (QED) is 0.505. The number of aryl methyl sites for hydroxylation is 1. The van der Waals surface area contributed by atoms with Gasteiger partial charge in [0.15, 0.2) is 5.11 Å². The van der Waals surface area contributed by atoms with Gasteiger partial charge in [0.25, 0.3) is 5.69 Å². The number of benzene rings is 1. The number of hydrogen-bond donors (Lipinski definition) is 2. The Morgan fingerprint density at radius 3 is 2.76 bits per heavy atom. The van der Waals surface area contributed by atoms with Gasteiger partial charge in [0, 0.05) is 23.9 Å². The summed E-state index contributed by atoms with van der Waals surface area (Å²) < 4.78 is 0. The molecule has 0 spiro atoms. The van der Waals surface area contributed by atoms with Crippen LogP contribution >= 0.6 is 12.2 Å².